The van der Waals surface area contributed by atoms with Gasteiger partial charge in [0.2, 0.25) is 10.0 Å². The van der Waals surface area contributed by atoms with Gasteiger partial charge < -0.3 is 5.73 Å². The summed E-state index contributed by atoms with van der Waals surface area (Å²) in [5.74, 6) is -2.40. The highest BCUT2D eigenvalue weighted by molar-refractivity contribution is 7.89. The van der Waals surface area contributed by atoms with Crippen LogP contribution in [-0.4, -0.2) is 31.9 Å². The highest BCUT2D eigenvalue weighted by Gasteiger charge is 2.40. The van der Waals surface area contributed by atoms with Crippen LogP contribution in [-0.2, 0) is 10.0 Å². The predicted octanol–water partition coefficient (Wildman–Crippen LogP) is 2.08. The Kier molecular flexibility index (Phi) is 4.18. The predicted molar refractivity (Wildman–Crippen MR) is 82.3 cm³/mol. The second-order valence-electron chi connectivity index (χ2n) is 5.55. The van der Waals surface area contributed by atoms with E-state index in [0.717, 1.165) is 28.1 Å². The molecule has 0 unspecified atom stereocenters. The minimum absolute atomic E-state index is 0.0235. The lowest BCUT2D eigenvalue weighted by molar-refractivity contribution is 0.450. The van der Waals surface area contributed by atoms with Gasteiger partial charge in [-0.3, -0.25) is 0 Å². The zero-order valence-corrected chi connectivity index (χ0v) is 13.0. The van der Waals surface area contributed by atoms with Crippen LogP contribution in [0.25, 0.3) is 0 Å². The monoisotopic (exact) mass is 338 g/mol. The molecule has 4 nitrogen and oxygen atoms in total. The van der Waals surface area contributed by atoms with Crippen LogP contribution in [0.2, 0.25) is 0 Å². The number of benzene rings is 2. The third kappa shape index (κ3) is 2.87. The minimum atomic E-state index is -4.27. The summed E-state index contributed by atoms with van der Waals surface area (Å²) in [6, 6.07) is 11.8. The van der Waals surface area contributed by atoms with E-state index in [1.807, 2.05) is 30.3 Å². The van der Waals surface area contributed by atoms with Crippen molar-refractivity contribution in [2.75, 3.05) is 13.1 Å². The highest BCUT2D eigenvalue weighted by atomic mass is 32.2. The molecule has 2 aromatic carbocycles. The van der Waals surface area contributed by atoms with Crippen LogP contribution in [0.15, 0.2) is 53.4 Å². The molecule has 0 bridgehead atoms. The van der Waals surface area contributed by atoms with Gasteiger partial charge >= 0.3 is 0 Å². The maximum atomic E-state index is 13.8. The average molecular weight is 338 g/mol. The average Bonchev–Trinajstić information content (AvgIpc) is 2.90. The minimum Gasteiger partial charge on any atom is -0.326 e. The van der Waals surface area contributed by atoms with Gasteiger partial charge in [-0.15, -0.1) is 0 Å². The molecular weight excluding hydrogens is 322 g/mol. The first-order chi connectivity index (χ1) is 10.9. The lowest BCUT2D eigenvalue weighted by Gasteiger charge is -2.17. The Hall–Kier alpha value is -1.83. The third-order valence-corrected chi connectivity index (χ3v) is 5.96. The van der Waals surface area contributed by atoms with Crippen LogP contribution in [0.1, 0.15) is 11.5 Å². The molecule has 0 saturated carbocycles. The lowest BCUT2D eigenvalue weighted by Crippen LogP contribution is -2.33. The van der Waals surface area contributed by atoms with Crippen LogP contribution in [0.3, 0.4) is 0 Å². The first kappa shape index (κ1) is 16.0. The van der Waals surface area contributed by atoms with Crippen molar-refractivity contribution in [1.29, 1.82) is 0 Å². The molecular formula is C16H16F2N2O2S. The molecule has 0 aliphatic carbocycles. The number of nitrogens with two attached hydrogens (primary N) is 1. The molecule has 2 atom stereocenters. The van der Waals surface area contributed by atoms with Gasteiger partial charge in [-0.1, -0.05) is 36.4 Å². The summed E-state index contributed by atoms with van der Waals surface area (Å²) in [6.07, 6.45) is 0. The third-order valence-electron chi connectivity index (χ3n) is 4.08. The molecule has 1 heterocycles. The molecule has 122 valence electrons. The van der Waals surface area contributed by atoms with Crippen molar-refractivity contribution < 1.29 is 17.2 Å². The maximum Gasteiger partial charge on any atom is 0.249 e. The number of halogens is 2. The maximum absolute atomic E-state index is 13.8. The molecule has 1 fully saturated rings. The SMILES string of the molecule is N[C@@H]1CN(S(=O)(=O)c2c(F)cccc2F)C[C@H]1c1ccccc1. The molecule has 2 N–H and O–H groups in total. The molecule has 7 heteroatoms. The van der Waals surface area contributed by atoms with Gasteiger partial charge in [0.25, 0.3) is 0 Å². The largest absolute Gasteiger partial charge is 0.326 e. The second kappa shape index (κ2) is 5.99. The van der Waals surface area contributed by atoms with Crippen molar-refractivity contribution in [3.05, 3.63) is 65.7 Å². The molecule has 0 amide bonds. The van der Waals surface area contributed by atoms with Crippen LogP contribution < -0.4 is 5.73 Å². The molecule has 1 saturated heterocycles. The number of sulfonamides is 1. The summed E-state index contributed by atoms with van der Waals surface area (Å²) in [7, 11) is -4.27. The van der Waals surface area contributed by atoms with Gasteiger partial charge in [0.15, 0.2) is 4.90 Å². The van der Waals surface area contributed by atoms with E-state index in [2.05, 4.69) is 0 Å². The molecule has 0 aromatic heterocycles. The Morgan fingerprint density at radius 3 is 2.17 bits per heavy atom. The summed E-state index contributed by atoms with van der Waals surface area (Å²) < 4.78 is 53.9. The van der Waals surface area contributed by atoms with E-state index >= 15 is 0 Å². The van der Waals surface area contributed by atoms with E-state index in [4.69, 9.17) is 5.73 Å². The zero-order chi connectivity index (χ0) is 16.6. The van der Waals surface area contributed by atoms with Crippen molar-refractivity contribution in [1.82, 2.24) is 4.31 Å². The van der Waals surface area contributed by atoms with Gasteiger partial charge in [0.05, 0.1) is 0 Å². The van der Waals surface area contributed by atoms with Gasteiger partial charge in [-0.2, -0.15) is 4.31 Å². The summed E-state index contributed by atoms with van der Waals surface area (Å²) >= 11 is 0. The van der Waals surface area contributed by atoms with Crippen molar-refractivity contribution in [3.8, 4) is 0 Å². The zero-order valence-electron chi connectivity index (χ0n) is 12.2. The fourth-order valence-corrected chi connectivity index (χ4v) is 4.51. The van der Waals surface area contributed by atoms with E-state index < -0.39 is 32.6 Å². The second-order valence-corrected chi connectivity index (χ2v) is 7.43. The fraction of sp³-hybridized carbons (Fsp3) is 0.250. The number of nitrogens with zero attached hydrogens (tertiary/aromatic N) is 1. The molecule has 1 aliphatic rings. The normalized spacial score (nSPS) is 22.4. The summed E-state index contributed by atoms with van der Waals surface area (Å²) in [5, 5.41) is 0. The summed E-state index contributed by atoms with van der Waals surface area (Å²) in [6.45, 7) is 0.122. The number of hydrogen-bond acceptors (Lipinski definition) is 3. The Morgan fingerprint density at radius 1 is 0.957 bits per heavy atom. The first-order valence-electron chi connectivity index (χ1n) is 7.16. The highest BCUT2D eigenvalue weighted by Crippen LogP contribution is 2.32. The molecule has 3 rings (SSSR count). The molecule has 0 spiro atoms. The molecule has 1 aliphatic heterocycles. The Balaban J connectivity index is 1.94. The van der Waals surface area contributed by atoms with E-state index in [9.17, 15) is 17.2 Å². The van der Waals surface area contributed by atoms with E-state index in [0.29, 0.717) is 0 Å². The first-order valence-corrected chi connectivity index (χ1v) is 8.60. The van der Waals surface area contributed by atoms with Crippen LogP contribution in [0.4, 0.5) is 8.78 Å². The number of hydrogen-bond donors (Lipinski definition) is 1. The summed E-state index contributed by atoms with van der Waals surface area (Å²) in [4.78, 5) is -0.916. The Bertz CT molecular complexity index is 792. The van der Waals surface area contributed by atoms with Gasteiger partial charge in [-0.05, 0) is 17.7 Å². The molecule has 2 aromatic rings. The molecule has 23 heavy (non-hydrogen) atoms. The van der Waals surface area contributed by atoms with Crippen LogP contribution in [0, 0.1) is 11.6 Å². The standard InChI is InChI=1S/C16H16F2N2O2S/c17-13-7-4-8-14(18)16(13)23(21,22)20-9-12(15(19)10-20)11-5-2-1-3-6-11/h1-8,12,15H,9-10,19H2/t12-,15+/m0/s1. The van der Waals surface area contributed by atoms with Crippen molar-refractivity contribution in [2.24, 2.45) is 5.73 Å². The van der Waals surface area contributed by atoms with E-state index in [-0.39, 0.29) is 19.0 Å². The molecule has 0 radical (unpaired) electrons. The summed E-state index contributed by atoms with van der Waals surface area (Å²) in [5.41, 5.74) is 6.97. The van der Waals surface area contributed by atoms with Crippen molar-refractivity contribution in [3.63, 3.8) is 0 Å². The Labute approximate surface area is 133 Å². The number of rotatable bonds is 3. The lowest BCUT2D eigenvalue weighted by atomic mass is 9.95. The van der Waals surface area contributed by atoms with Gasteiger partial charge in [0.1, 0.15) is 11.6 Å². The van der Waals surface area contributed by atoms with Gasteiger partial charge in [0, 0.05) is 25.0 Å². The van der Waals surface area contributed by atoms with Gasteiger partial charge in [-0.25, -0.2) is 17.2 Å². The van der Waals surface area contributed by atoms with E-state index in [1.54, 1.807) is 0 Å². The topological polar surface area (TPSA) is 63.4 Å². The van der Waals surface area contributed by atoms with Crippen LogP contribution >= 0.6 is 0 Å². The van der Waals surface area contributed by atoms with Crippen molar-refractivity contribution in [2.45, 2.75) is 16.9 Å². The Morgan fingerprint density at radius 2 is 1.57 bits per heavy atom. The fourth-order valence-electron chi connectivity index (χ4n) is 2.90. The quantitative estimate of drug-likeness (QED) is 0.932. The van der Waals surface area contributed by atoms with E-state index in [1.165, 1.54) is 0 Å². The van der Waals surface area contributed by atoms with Crippen molar-refractivity contribution >= 4 is 10.0 Å². The van der Waals surface area contributed by atoms with Crippen LogP contribution in [0.5, 0.6) is 0 Å². The smallest absolute Gasteiger partial charge is 0.249 e.